The summed E-state index contributed by atoms with van der Waals surface area (Å²) in [6.07, 6.45) is -0.108. The number of anilines is 3. The van der Waals surface area contributed by atoms with Gasteiger partial charge in [0.25, 0.3) is 0 Å². The second-order valence-electron chi connectivity index (χ2n) is 12.0. The molecule has 0 saturated heterocycles. The summed E-state index contributed by atoms with van der Waals surface area (Å²) in [5.41, 5.74) is 1.36. The smallest absolute Gasteiger partial charge is 0.324 e. The summed E-state index contributed by atoms with van der Waals surface area (Å²) < 4.78 is 12.4. The van der Waals surface area contributed by atoms with E-state index >= 15 is 0 Å². The lowest BCUT2D eigenvalue weighted by Crippen LogP contribution is -2.27. The summed E-state index contributed by atoms with van der Waals surface area (Å²) in [4.78, 5) is 47.6. The van der Waals surface area contributed by atoms with Crippen molar-refractivity contribution >= 4 is 58.1 Å². The number of carboxylic acid groups (broad SMARTS) is 2. The fraction of sp³-hybridized carbons (Fsp3) is 0.419. The molecular weight excluding hydrogens is 638 g/mol. The van der Waals surface area contributed by atoms with Crippen LogP contribution in [0.5, 0.6) is 0 Å². The number of carbonyl (C=O) groups is 3. The Hall–Kier alpha value is -6.12. The second-order valence-corrected chi connectivity index (χ2v) is 12.0. The minimum Gasteiger partial charge on any atom is -0.481 e. The first-order valence-electron chi connectivity index (χ1n) is 15.3. The Kier molecular flexibility index (Phi) is 11.4. The molecule has 0 bridgehead atoms. The van der Waals surface area contributed by atoms with E-state index in [1.807, 2.05) is 32.9 Å². The van der Waals surface area contributed by atoms with E-state index in [9.17, 15) is 19.6 Å². The van der Waals surface area contributed by atoms with Crippen LogP contribution in [-0.4, -0.2) is 78.1 Å². The first-order chi connectivity index (χ1) is 23.3. The number of para-hydroxylation sites is 2. The van der Waals surface area contributed by atoms with Gasteiger partial charge in [-0.1, -0.05) is 19.1 Å². The molecule has 0 aliphatic carbocycles. The number of nitrogens with one attached hydrogen (secondary N) is 3. The summed E-state index contributed by atoms with van der Waals surface area (Å²) in [7, 11) is 0. The number of benzene rings is 1. The van der Waals surface area contributed by atoms with Crippen LogP contribution in [0.15, 0.2) is 38.9 Å². The van der Waals surface area contributed by atoms with Crippen molar-refractivity contribution in [1.82, 2.24) is 24.7 Å². The van der Waals surface area contributed by atoms with E-state index in [1.165, 1.54) is 11.6 Å². The summed E-state index contributed by atoms with van der Waals surface area (Å²) in [5, 5.41) is 50.6. The van der Waals surface area contributed by atoms with Crippen LogP contribution in [0.25, 0.3) is 17.1 Å². The van der Waals surface area contributed by atoms with Crippen LogP contribution in [0.1, 0.15) is 58.2 Å². The molecule has 0 radical (unpaired) electrons. The van der Waals surface area contributed by atoms with Crippen molar-refractivity contribution in [3.63, 3.8) is 0 Å². The molecule has 0 aliphatic rings. The fourth-order valence-electron chi connectivity index (χ4n) is 4.26. The number of hydrogen-bond donors (Lipinski definition) is 5. The van der Waals surface area contributed by atoms with Gasteiger partial charge in [0.1, 0.15) is 17.1 Å². The number of esters is 1. The molecule has 5 N–H and O–H groups in total. The molecule has 258 valence electrons. The highest BCUT2D eigenvalue weighted by atomic mass is 16.5. The Labute approximate surface area is 280 Å². The SMILES string of the molecule is Cc1c(C#N)c(N=Nc2c(NCCCOC(=O)CC(C)C(=O)O)nc(NCCC(=O)O)nc2NC(C)(C)C)nn1-c1nc2ccccc2o1. The maximum absolute atomic E-state index is 12.0. The van der Waals surface area contributed by atoms with Crippen molar-refractivity contribution in [3.8, 4) is 12.1 Å². The van der Waals surface area contributed by atoms with Gasteiger partial charge in [0.15, 0.2) is 22.9 Å². The maximum Gasteiger partial charge on any atom is 0.324 e. The van der Waals surface area contributed by atoms with Crippen LogP contribution in [-0.2, 0) is 19.1 Å². The van der Waals surface area contributed by atoms with E-state index in [1.54, 1.807) is 19.1 Å². The molecule has 0 spiro atoms. The molecule has 4 rings (SSSR count). The number of oxazole rings is 1. The molecule has 4 aromatic rings. The number of aromatic nitrogens is 5. The Morgan fingerprint density at radius 2 is 1.82 bits per heavy atom. The molecule has 18 nitrogen and oxygen atoms in total. The van der Waals surface area contributed by atoms with Gasteiger partial charge in [-0.15, -0.1) is 15.3 Å². The van der Waals surface area contributed by atoms with Crippen LogP contribution < -0.4 is 16.0 Å². The average molecular weight is 676 g/mol. The molecule has 1 atom stereocenters. The summed E-state index contributed by atoms with van der Waals surface area (Å²) >= 11 is 0. The van der Waals surface area contributed by atoms with Gasteiger partial charge in [0, 0.05) is 18.6 Å². The third-order valence-electron chi connectivity index (χ3n) is 6.69. The number of ether oxygens (including phenoxy) is 1. The Morgan fingerprint density at radius 3 is 2.49 bits per heavy atom. The van der Waals surface area contributed by atoms with Gasteiger partial charge < -0.3 is 35.3 Å². The predicted molar refractivity (Wildman–Crippen MR) is 176 cm³/mol. The molecule has 3 heterocycles. The third-order valence-corrected chi connectivity index (χ3v) is 6.69. The van der Waals surface area contributed by atoms with E-state index in [-0.39, 0.29) is 73.2 Å². The highest BCUT2D eigenvalue weighted by Gasteiger charge is 2.23. The van der Waals surface area contributed by atoms with Gasteiger partial charge in [-0.05, 0) is 46.2 Å². The highest BCUT2D eigenvalue weighted by Crippen LogP contribution is 2.36. The summed E-state index contributed by atoms with van der Waals surface area (Å²) in [5.74, 6) is -3.06. The van der Waals surface area contributed by atoms with Crippen molar-refractivity contribution in [2.75, 3.05) is 35.6 Å². The largest absolute Gasteiger partial charge is 0.481 e. The van der Waals surface area contributed by atoms with Gasteiger partial charge >= 0.3 is 23.9 Å². The lowest BCUT2D eigenvalue weighted by Gasteiger charge is -2.23. The lowest BCUT2D eigenvalue weighted by molar-refractivity contribution is -0.151. The van der Waals surface area contributed by atoms with E-state index in [0.717, 1.165) is 0 Å². The third kappa shape index (κ3) is 9.70. The van der Waals surface area contributed by atoms with E-state index in [2.05, 4.69) is 52.3 Å². The Balaban J connectivity index is 1.66. The van der Waals surface area contributed by atoms with E-state index < -0.39 is 29.4 Å². The molecular formula is C31H37N11O7. The van der Waals surface area contributed by atoms with Crippen LogP contribution in [0.3, 0.4) is 0 Å². The lowest BCUT2D eigenvalue weighted by atomic mass is 10.1. The van der Waals surface area contributed by atoms with Crippen molar-refractivity contribution in [3.05, 3.63) is 35.5 Å². The molecule has 0 aliphatic heterocycles. The number of carbonyl (C=O) groups excluding carboxylic acids is 1. The summed E-state index contributed by atoms with van der Waals surface area (Å²) in [6.45, 7) is 9.10. The van der Waals surface area contributed by atoms with Crippen LogP contribution in [0, 0.1) is 24.2 Å². The maximum atomic E-state index is 12.0. The van der Waals surface area contributed by atoms with E-state index in [0.29, 0.717) is 23.2 Å². The Bertz CT molecular complexity index is 1870. The molecule has 18 heteroatoms. The zero-order chi connectivity index (χ0) is 35.7. The number of hydrogen-bond acceptors (Lipinski definition) is 15. The molecule has 1 aromatic carbocycles. The zero-order valence-corrected chi connectivity index (χ0v) is 27.6. The average Bonchev–Trinajstić information content (AvgIpc) is 3.59. The topological polar surface area (TPSA) is 255 Å². The van der Waals surface area contributed by atoms with Crippen molar-refractivity contribution in [2.24, 2.45) is 16.1 Å². The van der Waals surface area contributed by atoms with Gasteiger partial charge in [-0.25, -0.2) is 0 Å². The van der Waals surface area contributed by atoms with Gasteiger partial charge in [0.2, 0.25) is 11.8 Å². The van der Waals surface area contributed by atoms with Crippen LogP contribution >= 0.6 is 0 Å². The number of carboxylic acids is 2. The number of nitrogens with zero attached hydrogens (tertiary/aromatic N) is 8. The van der Waals surface area contributed by atoms with Crippen molar-refractivity contribution in [2.45, 2.75) is 59.4 Å². The first-order valence-corrected chi connectivity index (χ1v) is 15.3. The van der Waals surface area contributed by atoms with Gasteiger partial charge in [-0.2, -0.15) is 24.9 Å². The van der Waals surface area contributed by atoms with Crippen molar-refractivity contribution < 1.29 is 33.8 Å². The molecule has 49 heavy (non-hydrogen) atoms. The number of aliphatic carboxylic acids is 2. The quantitative estimate of drug-likeness (QED) is 0.0598. The van der Waals surface area contributed by atoms with Gasteiger partial charge in [0.05, 0.1) is 31.1 Å². The Morgan fingerprint density at radius 1 is 1.08 bits per heavy atom. The van der Waals surface area contributed by atoms with Crippen molar-refractivity contribution in [1.29, 1.82) is 5.26 Å². The first kappa shape index (κ1) is 35.7. The molecule has 3 aromatic heterocycles. The molecule has 0 amide bonds. The molecule has 0 fully saturated rings. The zero-order valence-electron chi connectivity index (χ0n) is 27.6. The number of fused-ring (bicyclic) bond motifs is 1. The standard InChI is InChI=1S/C31H37N11O7/c1-17(28(46)47)15-23(45)48-14-8-12-33-26-24(27(38-31(3,4)5)37-29(36-26)34-13-11-22(43)44)39-40-25-19(16-32)18(2)42(41-25)30-35-20-9-6-7-10-21(20)49-30/h6-7,9-10,17H,8,11-15H2,1-5H3,(H,43,44)(H,46,47)(H3,33,34,36,37,38). The monoisotopic (exact) mass is 675 g/mol. The fourth-order valence-corrected chi connectivity index (χ4v) is 4.26. The molecule has 0 saturated carbocycles. The van der Waals surface area contributed by atoms with E-state index in [4.69, 9.17) is 19.4 Å². The second kappa shape index (κ2) is 15.6. The minimum absolute atomic E-state index is 0.00892. The molecule has 1 unspecified atom stereocenters. The van der Waals surface area contributed by atoms with Gasteiger partial charge in [-0.3, -0.25) is 14.4 Å². The number of nitriles is 1. The predicted octanol–water partition coefficient (Wildman–Crippen LogP) is 4.95. The normalized spacial score (nSPS) is 12.1. The van der Waals surface area contributed by atoms with Crippen LogP contribution in [0.4, 0.5) is 29.1 Å². The highest BCUT2D eigenvalue weighted by molar-refractivity contribution is 5.78. The van der Waals surface area contributed by atoms with Crippen LogP contribution in [0.2, 0.25) is 0 Å². The minimum atomic E-state index is -1.09. The summed E-state index contributed by atoms with van der Waals surface area (Å²) in [6, 6.07) is 9.44. The number of rotatable bonds is 16. The number of azo groups is 1.